The van der Waals surface area contributed by atoms with Crippen LogP contribution in [-0.4, -0.2) is 21.6 Å². The average Bonchev–Trinajstić information content (AvgIpc) is 2.79. The number of aromatic nitrogens is 2. The molecule has 2 N–H and O–H groups in total. The van der Waals surface area contributed by atoms with Gasteiger partial charge in [-0.3, -0.25) is 9.48 Å². The third kappa shape index (κ3) is 3.71. The monoisotopic (exact) mass is 247 g/mol. The van der Waals surface area contributed by atoms with Crippen LogP contribution in [-0.2, 0) is 11.2 Å². The van der Waals surface area contributed by atoms with Crippen molar-refractivity contribution in [2.75, 3.05) is 0 Å². The van der Waals surface area contributed by atoms with Gasteiger partial charge in [0.2, 0.25) is 0 Å². The summed E-state index contributed by atoms with van der Waals surface area (Å²) in [4.78, 5) is 11.8. The second kappa shape index (κ2) is 6.97. The highest BCUT2D eigenvalue weighted by molar-refractivity contribution is 5.85. The first kappa shape index (κ1) is 14.5. The smallest absolute Gasteiger partial charge is 0.156 e. The minimum Gasteiger partial charge on any atom is -0.321 e. The third-order valence-corrected chi connectivity index (χ3v) is 3.09. The number of hydrogen-bond donors (Lipinski definition) is 1. The topological polar surface area (TPSA) is 60.9 Å². The maximum Gasteiger partial charge on any atom is 0.156 e. The predicted molar refractivity (Wildman–Crippen MR) is 72.0 cm³/mol. The summed E-state index contributed by atoms with van der Waals surface area (Å²) in [5.74, 6) is 2.35. The lowest BCUT2D eigenvalue weighted by Gasteiger charge is -2.12. The standard InChI is InChI=1S/C14H21N3O/c1-4-7-13(15)14(18)10-11-8-9-17(16-11)12(5-2)6-3/h1,8-9,12-13H,5-7,10,15H2,2-3H3. The van der Waals surface area contributed by atoms with Crippen molar-refractivity contribution in [3.05, 3.63) is 18.0 Å². The fourth-order valence-corrected chi connectivity index (χ4v) is 1.89. The Bertz CT molecular complexity index is 426. The summed E-state index contributed by atoms with van der Waals surface area (Å²) in [5.41, 5.74) is 6.43. The SMILES string of the molecule is C#CCC(N)C(=O)Cc1ccn(C(CC)CC)n1. The van der Waals surface area contributed by atoms with Crippen molar-refractivity contribution in [3.63, 3.8) is 0 Å². The molecule has 1 atom stereocenters. The molecule has 0 saturated heterocycles. The summed E-state index contributed by atoms with van der Waals surface area (Å²) in [6.45, 7) is 4.26. The Morgan fingerprint density at radius 2 is 2.22 bits per heavy atom. The molecule has 0 fully saturated rings. The van der Waals surface area contributed by atoms with Crippen LogP contribution in [0.25, 0.3) is 0 Å². The van der Waals surface area contributed by atoms with E-state index in [0.717, 1.165) is 18.5 Å². The summed E-state index contributed by atoms with van der Waals surface area (Å²) in [6.07, 6.45) is 9.67. The molecular formula is C14H21N3O. The maximum atomic E-state index is 11.8. The van der Waals surface area contributed by atoms with Crippen molar-refractivity contribution in [1.82, 2.24) is 9.78 Å². The summed E-state index contributed by atoms with van der Waals surface area (Å²) < 4.78 is 1.93. The molecule has 0 aliphatic carbocycles. The number of carbonyl (C=O) groups excluding carboxylic acids is 1. The average molecular weight is 247 g/mol. The van der Waals surface area contributed by atoms with Gasteiger partial charge >= 0.3 is 0 Å². The number of terminal acetylenes is 1. The fourth-order valence-electron chi connectivity index (χ4n) is 1.89. The molecule has 18 heavy (non-hydrogen) atoms. The lowest BCUT2D eigenvalue weighted by Crippen LogP contribution is -2.31. The van der Waals surface area contributed by atoms with E-state index in [9.17, 15) is 4.79 Å². The molecule has 0 saturated carbocycles. The molecule has 1 unspecified atom stereocenters. The third-order valence-electron chi connectivity index (χ3n) is 3.09. The molecule has 0 radical (unpaired) electrons. The van der Waals surface area contributed by atoms with Crippen LogP contribution in [0, 0.1) is 12.3 Å². The Morgan fingerprint density at radius 1 is 1.56 bits per heavy atom. The van der Waals surface area contributed by atoms with Crippen LogP contribution in [0.4, 0.5) is 0 Å². The number of rotatable bonds is 7. The fraction of sp³-hybridized carbons (Fsp3) is 0.571. The Labute approximate surface area is 109 Å². The minimum atomic E-state index is -0.576. The van der Waals surface area contributed by atoms with Gasteiger partial charge in [0.1, 0.15) is 0 Å². The van der Waals surface area contributed by atoms with E-state index in [4.69, 9.17) is 12.2 Å². The minimum absolute atomic E-state index is 0.0530. The molecular weight excluding hydrogens is 226 g/mol. The van der Waals surface area contributed by atoms with Gasteiger partial charge in [-0.15, -0.1) is 12.3 Å². The molecule has 98 valence electrons. The first-order valence-electron chi connectivity index (χ1n) is 6.38. The van der Waals surface area contributed by atoms with Crippen molar-refractivity contribution in [2.24, 2.45) is 5.73 Å². The van der Waals surface area contributed by atoms with Gasteiger partial charge in [0.25, 0.3) is 0 Å². The van der Waals surface area contributed by atoms with Crippen LogP contribution in [0.5, 0.6) is 0 Å². The number of Topliss-reactive ketones (excluding diaryl/α,β-unsaturated/α-hetero) is 1. The van der Waals surface area contributed by atoms with E-state index in [1.165, 1.54) is 0 Å². The Balaban J connectivity index is 2.64. The van der Waals surface area contributed by atoms with E-state index in [-0.39, 0.29) is 18.6 Å². The molecule has 1 aromatic rings. The van der Waals surface area contributed by atoms with E-state index >= 15 is 0 Å². The van der Waals surface area contributed by atoms with Crippen LogP contribution < -0.4 is 5.73 Å². The highest BCUT2D eigenvalue weighted by Gasteiger charge is 2.15. The van der Waals surface area contributed by atoms with Gasteiger partial charge in [0, 0.05) is 12.6 Å². The predicted octanol–water partition coefficient (Wildman–Crippen LogP) is 1.71. The largest absolute Gasteiger partial charge is 0.321 e. The molecule has 0 spiro atoms. The molecule has 0 aliphatic rings. The summed E-state index contributed by atoms with van der Waals surface area (Å²) in [5, 5.41) is 4.42. The van der Waals surface area contributed by atoms with Crippen molar-refractivity contribution in [1.29, 1.82) is 0 Å². The molecule has 1 heterocycles. The lowest BCUT2D eigenvalue weighted by atomic mass is 10.1. The van der Waals surface area contributed by atoms with Crippen LogP contribution in [0.3, 0.4) is 0 Å². The van der Waals surface area contributed by atoms with Crippen molar-refractivity contribution in [2.45, 2.75) is 51.6 Å². The van der Waals surface area contributed by atoms with E-state index in [0.29, 0.717) is 6.04 Å². The molecule has 1 aromatic heterocycles. The number of nitrogens with zero attached hydrogens (tertiary/aromatic N) is 2. The number of nitrogens with two attached hydrogens (primary N) is 1. The van der Waals surface area contributed by atoms with Gasteiger partial charge in [0.15, 0.2) is 5.78 Å². The Morgan fingerprint density at radius 3 is 2.78 bits per heavy atom. The van der Waals surface area contributed by atoms with Crippen LogP contribution >= 0.6 is 0 Å². The maximum absolute atomic E-state index is 11.8. The zero-order valence-corrected chi connectivity index (χ0v) is 11.1. The zero-order valence-electron chi connectivity index (χ0n) is 11.1. The van der Waals surface area contributed by atoms with Crippen molar-refractivity contribution >= 4 is 5.78 Å². The first-order valence-corrected chi connectivity index (χ1v) is 6.38. The van der Waals surface area contributed by atoms with E-state index in [1.807, 2.05) is 16.9 Å². The van der Waals surface area contributed by atoms with E-state index in [1.54, 1.807) is 0 Å². The Kier molecular flexibility index (Phi) is 5.60. The normalized spacial score (nSPS) is 12.4. The molecule has 0 bridgehead atoms. The Hall–Kier alpha value is -1.60. The lowest BCUT2D eigenvalue weighted by molar-refractivity contribution is -0.119. The quantitative estimate of drug-likeness (QED) is 0.746. The highest BCUT2D eigenvalue weighted by Crippen LogP contribution is 2.14. The van der Waals surface area contributed by atoms with Crippen LogP contribution in [0.2, 0.25) is 0 Å². The van der Waals surface area contributed by atoms with Gasteiger partial charge in [0.05, 0.1) is 24.2 Å². The van der Waals surface area contributed by atoms with Crippen molar-refractivity contribution in [3.8, 4) is 12.3 Å². The van der Waals surface area contributed by atoms with E-state index < -0.39 is 6.04 Å². The van der Waals surface area contributed by atoms with E-state index in [2.05, 4.69) is 24.9 Å². The van der Waals surface area contributed by atoms with Gasteiger partial charge < -0.3 is 5.73 Å². The second-order valence-electron chi connectivity index (χ2n) is 4.42. The molecule has 0 aromatic carbocycles. The summed E-state index contributed by atoms with van der Waals surface area (Å²) in [7, 11) is 0. The summed E-state index contributed by atoms with van der Waals surface area (Å²) >= 11 is 0. The second-order valence-corrected chi connectivity index (χ2v) is 4.42. The van der Waals surface area contributed by atoms with Gasteiger partial charge in [-0.2, -0.15) is 5.10 Å². The number of carbonyl (C=O) groups is 1. The molecule has 4 nitrogen and oxygen atoms in total. The highest BCUT2D eigenvalue weighted by atomic mass is 16.1. The molecule has 0 amide bonds. The zero-order chi connectivity index (χ0) is 13.5. The first-order chi connectivity index (χ1) is 8.62. The van der Waals surface area contributed by atoms with Gasteiger partial charge in [-0.05, 0) is 18.9 Å². The molecule has 1 rings (SSSR count). The van der Waals surface area contributed by atoms with Crippen LogP contribution in [0.1, 0.15) is 44.8 Å². The van der Waals surface area contributed by atoms with Gasteiger partial charge in [-0.25, -0.2) is 0 Å². The molecule has 4 heteroatoms. The number of hydrogen-bond acceptors (Lipinski definition) is 3. The van der Waals surface area contributed by atoms with Gasteiger partial charge in [-0.1, -0.05) is 13.8 Å². The molecule has 0 aliphatic heterocycles. The summed E-state index contributed by atoms with van der Waals surface area (Å²) in [6, 6.07) is 1.69. The van der Waals surface area contributed by atoms with Crippen LogP contribution in [0.15, 0.2) is 12.3 Å². The number of ketones is 1. The van der Waals surface area contributed by atoms with Crippen molar-refractivity contribution < 1.29 is 4.79 Å².